The van der Waals surface area contributed by atoms with Crippen LogP contribution in [0.15, 0.2) is 71.1 Å². The van der Waals surface area contributed by atoms with Crippen LogP contribution >= 0.6 is 11.6 Å². The Morgan fingerprint density at radius 3 is 2.61 bits per heavy atom. The SMILES string of the molecule is OC(CNCc1ccc(-c2cccc(Cl)c2)o1)c1ccccc1. The van der Waals surface area contributed by atoms with Gasteiger partial charge in [0.15, 0.2) is 0 Å². The maximum absolute atomic E-state index is 10.1. The molecule has 0 fully saturated rings. The standard InChI is InChI=1S/C19H18ClNO2/c20-16-8-4-7-15(11-16)19-10-9-17(23-19)12-21-13-18(22)14-5-2-1-3-6-14/h1-11,18,21-22H,12-13H2. The summed E-state index contributed by atoms with van der Waals surface area (Å²) in [6.45, 7) is 1.03. The Labute approximate surface area is 140 Å². The fourth-order valence-electron chi connectivity index (χ4n) is 2.39. The molecule has 0 spiro atoms. The van der Waals surface area contributed by atoms with E-state index in [-0.39, 0.29) is 0 Å². The summed E-state index contributed by atoms with van der Waals surface area (Å²) in [6.07, 6.45) is -0.529. The van der Waals surface area contributed by atoms with Gasteiger partial charge in [-0.05, 0) is 29.8 Å². The Bertz CT molecular complexity index is 755. The molecule has 0 amide bonds. The summed E-state index contributed by atoms with van der Waals surface area (Å²) < 4.78 is 5.81. The third-order valence-corrected chi connectivity index (χ3v) is 3.83. The second-order valence-electron chi connectivity index (χ2n) is 5.33. The van der Waals surface area contributed by atoms with Crippen LogP contribution in [0.25, 0.3) is 11.3 Å². The van der Waals surface area contributed by atoms with E-state index in [0.29, 0.717) is 18.1 Å². The van der Waals surface area contributed by atoms with Crippen molar-refractivity contribution in [1.82, 2.24) is 5.32 Å². The van der Waals surface area contributed by atoms with Crippen LogP contribution in [-0.4, -0.2) is 11.7 Å². The van der Waals surface area contributed by atoms with Crippen LogP contribution in [0.1, 0.15) is 17.4 Å². The first-order valence-corrected chi connectivity index (χ1v) is 7.88. The van der Waals surface area contributed by atoms with Crippen molar-refractivity contribution in [2.24, 2.45) is 0 Å². The van der Waals surface area contributed by atoms with Crippen molar-refractivity contribution in [2.75, 3.05) is 6.54 Å². The molecule has 23 heavy (non-hydrogen) atoms. The lowest BCUT2D eigenvalue weighted by atomic mass is 10.1. The van der Waals surface area contributed by atoms with Gasteiger partial charge >= 0.3 is 0 Å². The molecule has 3 aromatic rings. The molecule has 3 rings (SSSR count). The minimum atomic E-state index is -0.529. The summed E-state index contributed by atoms with van der Waals surface area (Å²) in [5.74, 6) is 1.60. The highest BCUT2D eigenvalue weighted by molar-refractivity contribution is 6.30. The lowest BCUT2D eigenvalue weighted by Gasteiger charge is -2.11. The first-order chi connectivity index (χ1) is 11.2. The second kappa shape index (κ2) is 7.47. The van der Waals surface area contributed by atoms with Crippen molar-refractivity contribution in [3.05, 3.63) is 83.1 Å². The summed E-state index contributed by atoms with van der Waals surface area (Å²) in [6, 6.07) is 21.0. The summed E-state index contributed by atoms with van der Waals surface area (Å²) in [4.78, 5) is 0. The second-order valence-corrected chi connectivity index (χ2v) is 5.77. The van der Waals surface area contributed by atoms with Gasteiger partial charge in [-0.1, -0.05) is 54.1 Å². The number of halogens is 1. The van der Waals surface area contributed by atoms with Crippen LogP contribution < -0.4 is 5.32 Å². The molecule has 0 radical (unpaired) electrons. The van der Waals surface area contributed by atoms with E-state index < -0.39 is 6.10 Å². The van der Waals surface area contributed by atoms with Crippen LogP contribution in [0.3, 0.4) is 0 Å². The Kier molecular flexibility index (Phi) is 5.13. The minimum Gasteiger partial charge on any atom is -0.460 e. The van der Waals surface area contributed by atoms with Gasteiger partial charge in [0.2, 0.25) is 0 Å². The summed E-state index contributed by atoms with van der Waals surface area (Å²) in [7, 11) is 0. The average molecular weight is 328 g/mol. The monoisotopic (exact) mass is 327 g/mol. The van der Waals surface area contributed by atoms with Crippen molar-refractivity contribution in [3.63, 3.8) is 0 Å². The largest absolute Gasteiger partial charge is 0.460 e. The maximum atomic E-state index is 10.1. The van der Waals surface area contributed by atoms with Gasteiger partial charge in [0, 0.05) is 17.1 Å². The average Bonchev–Trinajstić information content (AvgIpc) is 3.04. The van der Waals surface area contributed by atoms with Gasteiger partial charge in [0.05, 0.1) is 12.6 Å². The van der Waals surface area contributed by atoms with E-state index >= 15 is 0 Å². The molecule has 0 aliphatic rings. The third-order valence-electron chi connectivity index (χ3n) is 3.59. The molecule has 1 heterocycles. The van der Waals surface area contributed by atoms with Gasteiger partial charge in [0.1, 0.15) is 11.5 Å². The number of furan rings is 1. The fraction of sp³-hybridized carbons (Fsp3) is 0.158. The Morgan fingerprint density at radius 2 is 1.83 bits per heavy atom. The number of nitrogens with one attached hydrogen (secondary N) is 1. The topological polar surface area (TPSA) is 45.4 Å². The van der Waals surface area contributed by atoms with Crippen molar-refractivity contribution in [1.29, 1.82) is 0 Å². The summed E-state index contributed by atoms with van der Waals surface area (Å²) in [5, 5.41) is 14.0. The predicted octanol–water partition coefficient (Wildman–Crippen LogP) is 4.42. The first-order valence-electron chi connectivity index (χ1n) is 7.51. The highest BCUT2D eigenvalue weighted by Gasteiger charge is 2.08. The molecule has 4 heteroatoms. The molecule has 0 aliphatic heterocycles. The molecule has 1 unspecified atom stereocenters. The fourth-order valence-corrected chi connectivity index (χ4v) is 2.59. The lowest BCUT2D eigenvalue weighted by Crippen LogP contribution is -2.20. The van der Waals surface area contributed by atoms with E-state index in [1.807, 2.05) is 66.7 Å². The number of rotatable bonds is 6. The summed E-state index contributed by atoms with van der Waals surface area (Å²) in [5.41, 5.74) is 1.85. The van der Waals surface area contributed by atoms with Gasteiger partial charge in [-0.15, -0.1) is 0 Å². The molecule has 1 atom stereocenters. The van der Waals surface area contributed by atoms with E-state index in [2.05, 4.69) is 5.32 Å². The van der Waals surface area contributed by atoms with E-state index in [1.165, 1.54) is 0 Å². The molecule has 0 aliphatic carbocycles. The van der Waals surface area contributed by atoms with Crippen molar-refractivity contribution < 1.29 is 9.52 Å². The summed E-state index contributed by atoms with van der Waals surface area (Å²) >= 11 is 6.00. The van der Waals surface area contributed by atoms with Crippen LogP contribution in [0.4, 0.5) is 0 Å². The molecule has 0 bridgehead atoms. The highest BCUT2D eigenvalue weighted by Crippen LogP contribution is 2.24. The van der Waals surface area contributed by atoms with Gasteiger partial charge in [-0.25, -0.2) is 0 Å². The smallest absolute Gasteiger partial charge is 0.134 e. The molecule has 2 aromatic carbocycles. The predicted molar refractivity (Wildman–Crippen MR) is 92.3 cm³/mol. The third kappa shape index (κ3) is 4.23. The van der Waals surface area contributed by atoms with Crippen LogP contribution in [0.2, 0.25) is 5.02 Å². The van der Waals surface area contributed by atoms with E-state index in [4.69, 9.17) is 16.0 Å². The van der Waals surface area contributed by atoms with E-state index in [9.17, 15) is 5.11 Å². The minimum absolute atomic E-state index is 0.469. The Morgan fingerprint density at radius 1 is 1.00 bits per heavy atom. The molecule has 118 valence electrons. The number of hydrogen-bond acceptors (Lipinski definition) is 3. The van der Waals surface area contributed by atoms with Crippen molar-refractivity contribution >= 4 is 11.6 Å². The maximum Gasteiger partial charge on any atom is 0.134 e. The van der Waals surface area contributed by atoms with Crippen LogP contribution in [0.5, 0.6) is 0 Å². The van der Waals surface area contributed by atoms with Crippen LogP contribution in [0, 0.1) is 0 Å². The highest BCUT2D eigenvalue weighted by atomic mass is 35.5. The quantitative estimate of drug-likeness (QED) is 0.704. The first kappa shape index (κ1) is 15.8. The zero-order chi connectivity index (χ0) is 16.1. The molecule has 2 N–H and O–H groups in total. The van der Waals surface area contributed by atoms with Gasteiger partial charge < -0.3 is 14.8 Å². The van der Waals surface area contributed by atoms with Crippen molar-refractivity contribution in [3.8, 4) is 11.3 Å². The number of aliphatic hydroxyl groups is 1. The number of aliphatic hydroxyl groups excluding tert-OH is 1. The number of hydrogen-bond donors (Lipinski definition) is 2. The van der Waals surface area contributed by atoms with E-state index in [1.54, 1.807) is 0 Å². The number of benzene rings is 2. The van der Waals surface area contributed by atoms with Crippen LogP contribution in [-0.2, 0) is 6.54 Å². The zero-order valence-corrected chi connectivity index (χ0v) is 13.3. The molecule has 0 saturated carbocycles. The molecule has 3 nitrogen and oxygen atoms in total. The normalized spacial score (nSPS) is 12.3. The van der Waals surface area contributed by atoms with Gasteiger partial charge in [-0.3, -0.25) is 0 Å². The van der Waals surface area contributed by atoms with Crippen molar-refractivity contribution in [2.45, 2.75) is 12.6 Å². The molecular weight excluding hydrogens is 310 g/mol. The molecule has 1 aromatic heterocycles. The zero-order valence-electron chi connectivity index (χ0n) is 12.6. The molecule has 0 saturated heterocycles. The lowest BCUT2D eigenvalue weighted by molar-refractivity contribution is 0.173. The van der Waals surface area contributed by atoms with Gasteiger partial charge in [0.25, 0.3) is 0 Å². The van der Waals surface area contributed by atoms with E-state index in [0.717, 1.165) is 22.6 Å². The molecular formula is C19H18ClNO2. The Hall–Kier alpha value is -2.07. The Balaban J connectivity index is 1.55. The van der Waals surface area contributed by atoms with Gasteiger partial charge in [-0.2, -0.15) is 0 Å².